The van der Waals surface area contributed by atoms with E-state index in [1.807, 2.05) is 61.5 Å². The molecule has 2 aromatic carbocycles. The number of phenols is 1. The van der Waals surface area contributed by atoms with E-state index in [0.29, 0.717) is 12.3 Å². The Morgan fingerprint density at radius 3 is 2.60 bits per heavy atom. The van der Waals surface area contributed by atoms with Crippen molar-refractivity contribution in [2.24, 2.45) is 0 Å². The van der Waals surface area contributed by atoms with Crippen molar-refractivity contribution in [1.82, 2.24) is 5.32 Å². The minimum Gasteiger partial charge on any atom is -0.507 e. The quantitative estimate of drug-likeness (QED) is 0.712. The predicted octanol–water partition coefficient (Wildman–Crippen LogP) is 4.13. The lowest BCUT2D eigenvalue weighted by atomic mass is 9.87. The van der Waals surface area contributed by atoms with Crippen molar-refractivity contribution < 1.29 is 14.3 Å². The van der Waals surface area contributed by atoms with E-state index >= 15 is 0 Å². The van der Waals surface area contributed by atoms with Gasteiger partial charge in [0.1, 0.15) is 11.5 Å². The van der Waals surface area contributed by atoms with Gasteiger partial charge in [0.2, 0.25) is 5.91 Å². The Balaban J connectivity index is 1.82. The lowest BCUT2D eigenvalue weighted by molar-refractivity contribution is -0.121. The molecule has 1 atom stereocenters. The van der Waals surface area contributed by atoms with E-state index in [4.69, 9.17) is 4.42 Å². The van der Waals surface area contributed by atoms with E-state index in [-0.39, 0.29) is 24.0 Å². The fraction of sp³-hybridized carbons (Fsp3) is 0.190. The molecule has 1 heterocycles. The summed E-state index contributed by atoms with van der Waals surface area (Å²) in [5, 5.41) is 13.4. The van der Waals surface area contributed by atoms with Crippen molar-refractivity contribution in [2.75, 3.05) is 0 Å². The number of phenolic OH excluding ortho intramolecular Hbond substituents is 1. The van der Waals surface area contributed by atoms with Gasteiger partial charge in [0, 0.05) is 17.9 Å². The SMILES string of the molecule is Cc1cccc([C@H](CC(=O)NCc2ccco2)c2ccccc2)c1O. The van der Waals surface area contributed by atoms with E-state index in [1.165, 1.54) is 0 Å². The Labute approximate surface area is 147 Å². The minimum atomic E-state index is -0.210. The van der Waals surface area contributed by atoms with Gasteiger partial charge in [-0.3, -0.25) is 4.79 Å². The highest BCUT2D eigenvalue weighted by atomic mass is 16.3. The number of para-hydroxylation sites is 1. The molecule has 4 nitrogen and oxygen atoms in total. The van der Waals surface area contributed by atoms with Crippen molar-refractivity contribution in [3.8, 4) is 5.75 Å². The first-order valence-electron chi connectivity index (χ1n) is 8.27. The smallest absolute Gasteiger partial charge is 0.221 e. The summed E-state index contributed by atoms with van der Waals surface area (Å²) in [5.41, 5.74) is 2.56. The molecule has 0 spiro atoms. The molecule has 0 saturated carbocycles. The minimum absolute atomic E-state index is 0.0915. The molecule has 0 aliphatic heterocycles. The summed E-state index contributed by atoms with van der Waals surface area (Å²) in [4.78, 5) is 12.5. The number of carbonyl (C=O) groups excluding carboxylic acids is 1. The summed E-state index contributed by atoms with van der Waals surface area (Å²) in [6.07, 6.45) is 1.83. The third-order valence-electron chi connectivity index (χ3n) is 4.28. The first-order valence-corrected chi connectivity index (χ1v) is 8.27. The number of aromatic hydroxyl groups is 1. The molecule has 25 heavy (non-hydrogen) atoms. The first kappa shape index (κ1) is 16.8. The normalized spacial score (nSPS) is 11.9. The maximum absolute atomic E-state index is 12.5. The van der Waals surface area contributed by atoms with E-state index in [2.05, 4.69) is 5.32 Å². The summed E-state index contributed by atoms with van der Waals surface area (Å²) in [6, 6.07) is 19.0. The zero-order valence-electron chi connectivity index (χ0n) is 14.1. The van der Waals surface area contributed by atoms with Crippen LogP contribution in [0.4, 0.5) is 0 Å². The molecule has 2 N–H and O–H groups in total. The second-order valence-corrected chi connectivity index (χ2v) is 6.04. The summed E-state index contributed by atoms with van der Waals surface area (Å²) >= 11 is 0. The third-order valence-corrected chi connectivity index (χ3v) is 4.28. The van der Waals surface area contributed by atoms with Crippen LogP contribution in [0.15, 0.2) is 71.3 Å². The highest BCUT2D eigenvalue weighted by molar-refractivity contribution is 5.77. The largest absolute Gasteiger partial charge is 0.507 e. The number of rotatable bonds is 6. The van der Waals surface area contributed by atoms with Crippen LogP contribution < -0.4 is 5.32 Å². The summed E-state index contributed by atoms with van der Waals surface area (Å²) in [5.74, 6) is 0.655. The monoisotopic (exact) mass is 335 g/mol. The van der Waals surface area contributed by atoms with Gasteiger partial charge in [-0.2, -0.15) is 0 Å². The van der Waals surface area contributed by atoms with Crippen LogP contribution in [-0.2, 0) is 11.3 Å². The van der Waals surface area contributed by atoms with Crippen LogP contribution in [0.3, 0.4) is 0 Å². The molecule has 128 valence electrons. The Morgan fingerprint density at radius 1 is 1.08 bits per heavy atom. The van der Waals surface area contributed by atoms with Crippen LogP contribution in [-0.4, -0.2) is 11.0 Å². The number of carbonyl (C=O) groups is 1. The molecule has 3 rings (SSSR count). The van der Waals surface area contributed by atoms with E-state index in [1.54, 1.807) is 12.3 Å². The van der Waals surface area contributed by atoms with Gasteiger partial charge >= 0.3 is 0 Å². The molecule has 4 heteroatoms. The van der Waals surface area contributed by atoms with Crippen LogP contribution in [0.1, 0.15) is 34.8 Å². The second-order valence-electron chi connectivity index (χ2n) is 6.04. The Bertz CT molecular complexity index is 826. The lowest BCUT2D eigenvalue weighted by Gasteiger charge is -2.19. The van der Waals surface area contributed by atoms with Crippen LogP contribution in [0.5, 0.6) is 5.75 Å². The van der Waals surface area contributed by atoms with E-state index in [0.717, 1.165) is 16.7 Å². The maximum Gasteiger partial charge on any atom is 0.221 e. The van der Waals surface area contributed by atoms with Gasteiger partial charge in [-0.25, -0.2) is 0 Å². The number of hydrogen-bond donors (Lipinski definition) is 2. The van der Waals surface area contributed by atoms with Gasteiger partial charge in [0.15, 0.2) is 0 Å². The fourth-order valence-corrected chi connectivity index (χ4v) is 2.91. The number of amides is 1. The van der Waals surface area contributed by atoms with E-state index < -0.39 is 0 Å². The third kappa shape index (κ3) is 4.10. The highest BCUT2D eigenvalue weighted by Crippen LogP contribution is 2.35. The molecule has 0 bridgehead atoms. The standard InChI is InChI=1S/C21H21NO3/c1-15-7-5-11-18(21(15)24)19(16-8-3-2-4-9-16)13-20(23)22-14-17-10-6-12-25-17/h2-12,19,24H,13-14H2,1H3,(H,22,23)/t19-/m1/s1. The number of furan rings is 1. The molecule has 1 amide bonds. The molecule has 3 aromatic rings. The summed E-state index contributed by atoms with van der Waals surface area (Å²) in [6.45, 7) is 2.21. The average molecular weight is 335 g/mol. The van der Waals surface area contributed by atoms with Crippen LogP contribution in [0.25, 0.3) is 0 Å². The second kappa shape index (κ2) is 7.71. The summed E-state index contributed by atoms with van der Waals surface area (Å²) < 4.78 is 5.24. The van der Waals surface area contributed by atoms with Crippen molar-refractivity contribution in [2.45, 2.75) is 25.8 Å². The first-order chi connectivity index (χ1) is 12.1. The topological polar surface area (TPSA) is 62.5 Å². The van der Waals surface area contributed by atoms with E-state index in [9.17, 15) is 9.90 Å². The number of benzene rings is 2. The Hall–Kier alpha value is -3.01. The van der Waals surface area contributed by atoms with Crippen LogP contribution >= 0.6 is 0 Å². The van der Waals surface area contributed by atoms with Gasteiger partial charge < -0.3 is 14.8 Å². The van der Waals surface area contributed by atoms with Gasteiger partial charge in [-0.05, 0) is 30.2 Å². The molecule has 0 aliphatic rings. The molecular formula is C21H21NO3. The van der Waals surface area contributed by atoms with Gasteiger partial charge in [-0.15, -0.1) is 0 Å². The van der Waals surface area contributed by atoms with Crippen LogP contribution in [0.2, 0.25) is 0 Å². The zero-order chi connectivity index (χ0) is 17.6. The fourth-order valence-electron chi connectivity index (χ4n) is 2.91. The molecule has 0 fully saturated rings. The average Bonchev–Trinajstić information content (AvgIpc) is 3.15. The number of aryl methyl sites for hydroxylation is 1. The van der Waals surface area contributed by atoms with Crippen molar-refractivity contribution >= 4 is 5.91 Å². The zero-order valence-corrected chi connectivity index (χ0v) is 14.1. The summed E-state index contributed by atoms with van der Waals surface area (Å²) in [7, 11) is 0. The van der Waals surface area contributed by atoms with Crippen LogP contribution in [0, 0.1) is 6.92 Å². The lowest BCUT2D eigenvalue weighted by Crippen LogP contribution is -2.24. The van der Waals surface area contributed by atoms with Gasteiger partial charge in [-0.1, -0.05) is 48.5 Å². The molecule has 0 saturated heterocycles. The number of nitrogens with one attached hydrogen (secondary N) is 1. The molecule has 0 unspecified atom stereocenters. The van der Waals surface area contributed by atoms with Crippen molar-refractivity contribution in [3.05, 3.63) is 89.4 Å². The molecule has 1 aromatic heterocycles. The maximum atomic E-state index is 12.5. The van der Waals surface area contributed by atoms with Gasteiger partial charge in [0.05, 0.1) is 12.8 Å². The van der Waals surface area contributed by atoms with Crippen molar-refractivity contribution in [1.29, 1.82) is 0 Å². The van der Waals surface area contributed by atoms with Crippen molar-refractivity contribution in [3.63, 3.8) is 0 Å². The molecule has 0 radical (unpaired) electrons. The van der Waals surface area contributed by atoms with Gasteiger partial charge in [0.25, 0.3) is 0 Å². The predicted molar refractivity (Wildman–Crippen MR) is 96.3 cm³/mol. The Morgan fingerprint density at radius 2 is 1.88 bits per heavy atom. The molecular weight excluding hydrogens is 314 g/mol. The Kier molecular flexibility index (Phi) is 5.19. The molecule has 0 aliphatic carbocycles. The highest BCUT2D eigenvalue weighted by Gasteiger charge is 2.21. The number of hydrogen-bond acceptors (Lipinski definition) is 3.